The maximum atomic E-state index is 13.9. The molecule has 308 valence electrons. The molecule has 4 aromatic rings. The van der Waals surface area contributed by atoms with E-state index in [0.29, 0.717) is 0 Å². The predicted molar refractivity (Wildman–Crippen MR) is 221 cm³/mol. The van der Waals surface area contributed by atoms with Gasteiger partial charge in [0.15, 0.2) is 0 Å². The summed E-state index contributed by atoms with van der Waals surface area (Å²) in [5, 5.41) is 24.2. The van der Waals surface area contributed by atoms with Crippen LogP contribution in [0.5, 0.6) is 0 Å². The van der Waals surface area contributed by atoms with E-state index in [4.69, 9.17) is 9.47 Å². The summed E-state index contributed by atoms with van der Waals surface area (Å²) in [7, 11) is 0. The Kier molecular flexibility index (Phi) is 17.7. The maximum absolute atomic E-state index is 13.9. The maximum Gasteiger partial charge on any atom is 0.408 e. The molecule has 13 heteroatoms. The van der Waals surface area contributed by atoms with Crippen molar-refractivity contribution in [2.24, 2.45) is 11.8 Å². The first-order valence-electron chi connectivity index (χ1n) is 19.6. The molecule has 4 atom stereocenters. The minimum atomic E-state index is -1.20. The number of nitrogens with zero attached hydrogens (tertiary/aromatic N) is 1. The molecule has 0 saturated carbocycles. The van der Waals surface area contributed by atoms with Crippen LogP contribution in [0.15, 0.2) is 121 Å². The van der Waals surface area contributed by atoms with Gasteiger partial charge in [0.05, 0.1) is 0 Å². The molecule has 0 heterocycles. The van der Waals surface area contributed by atoms with Crippen molar-refractivity contribution in [1.29, 1.82) is 0 Å². The second-order valence-corrected chi connectivity index (χ2v) is 15.1. The van der Waals surface area contributed by atoms with Crippen LogP contribution in [-0.2, 0) is 45.1 Å². The van der Waals surface area contributed by atoms with Gasteiger partial charge in [-0.15, -0.1) is 0 Å². The van der Waals surface area contributed by atoms with Gasteiger partial charge in [-0.2, -0.15) is 0 Å². The lowest BCUT2D eigenvalue weighted by Gasteiger charge is -2.28. The zero-order valence-electron chi connectivity index (χ0n) is 33.5. The second kappa shape index (κ2) is 23.1. The molecule has 2 unspecified atom stereocenters. The third-order valence-corrected chi connectivity index (χ3v) is 9.62. The average molecular weight is 794 g/mol. The standard InChI is InChI=1S/C45H55N5O8/c1-31(2)40(48-44(53)57-29-35-21-13-7-14-22-35)42(51)46-37(25-33-17-9-5-10-18-33)27-39(50(55)56)28-38(26-34-19-11-6-12-20-34)47-43(52)41(32(3)4)49-45(54)58-30-36-23-15-8-16-24-36/h5-24,31-32,37-41H,25-30H2,1-4H3,(H,46,51)(H,47,52)(H,48,53)(H,49,54)/t37-,38-,39?,40?,41?/m0/s1. The van der Waals surface area contributed by atoms with Gasteiger partial charge in [-0.25, -0.2) is 9.59 Å². The highest BCUT2D eigenvalue weighted by molar-refractivity contribution is 5.86. The lowest BCUT2D eigenvalue weighted by atomic mass is 9.92. The average Bonchev–Trinajstić information content (AvgIpc) is 3.21. The zero-order chi connectivity index (χ0) is 41.9. The van der Waals surface area contributed by atoms with E-state index in [-0.39, 0.29) is 55.7 Å². The van der Waals surface area contributed by atoms with E-state index >= 15 is 0 Å². The topological polar surface area (TPSA) is 178 Å². The number of amides is 4. The molecule has 0 radical (unpaired) electrons. The third-order valence-electron chi connectivity index (χ3n) is 9.62. The lowest BCUT2D eigenvalue weighted by molar-refractivity contribution is -0.525. The highest BCUT2D eigenvalue weighted by Gasteiger charge is 2.34. The molecule has 4 amide bonds. The van der Waals surface area contributed by atoms with Crippen LogP contribution in [0.4, 0.5) is 9.59 Å². The van der Waals surface area contributed by atoms with E-state index in [1.54, 1.807) is 27.7 Å². The number of benzene rings is 4. The predicted octanol–water partition coefficient (Wildman–Crippen LogP) is 6.77. The first-order chi connectivity index (χ1) is 27.9. The van der Waals surface area contributed by atoms with E-state index < -0.39 is 54.2 Å². The second-order valence-electron chi connectivity index (χ2n) is 15.1. The molecule has 0 aromatic heterocycles. The Morgan fingerprint density at radius 3 is 1.12 bits per heavy atom. The van der Waals surface area contributed by atoms with Crippen molar-refractivity contribution in [3.63, 3.8) is 0 Å². The molecule has 0 aliphatic heterocycles. The van der Waals surface area contributed by atoms with Gasteiger partial charge in [-0.3, -0.25) is 19.7 Å². The van der Waals surface area contributed by atoms with Crippen molar-refractivity contribution in [1.82, 2.24) is 21.3 Å². The van der Waals surface area contributed by atoms with Crippen LogP contribution in [0.25, 0.3) is 0 Å². The van der Waals surface area contributed by atoms with Crippen LogP contribution < -0.4 is 21.3 Å². The molecule has 4 N–H and O–H groups in total. The molecule has 58 heavy (non-hydrogen) atoms. The van der Waals surface area contributed by atoms with Crippen molar-refractivity contribution in [2.45, 2.75) is 96.8 Å². The fourth-order valence-electron chi connectivity index (χ4n) is 6.54. The molecular formula is C45H55N5O8. The third kappa shape index (κ3) is 15.4. The van der Waals surface area contributed by atoms with Crippen LogP contribution in [-0.4, -0.2) is 59.1 Å². The van der Waals surface area contributed by atoms with Crippen molar-refractivity contribution >= 4 is 24.0 Å². The van der Waals surface area contributed by atoms with E-state index in [1.165, 1.54) is 0 Å². The van der Waals surface area contributed by atoms with Gasteiger partial charge >= 0.3 is 12.2 Å². The number of nitrogens with one attached hydrogen (secondary N) is 4. The number of carbonyl (C=O) groups excluding carboxylic acids is 4. The summed E-state index contributed by atoms with van der Waals surface area (Å²) in [5.41, 5.74) is 3.28. The zero-order valence-corrected chi connectivity index (χ0v) is 33.5. The fourth-order valence-corrected chi connectivity index (χ4v) is 6.54. The van der Waals surface area contributed by atoms with E-state index in [9.17, 15) is 29.3 Å². The van der Waals surface area contributed by atoms with Gasteiger partial charge in [-0.05, 0) is 46.9 Å². The molecule has 4 rings (SSSR count). The summed E-state index contributed by atoms with van der Waals surface area (Å²) in [6.07, 6.45) is -1.12. The monoisotopic (exact) mass is 793 g/mol. The largest absolute Gasteiger partial charge is 0.445 e. The summed E-state index contributed by atoms with van der Waals surface area (Å²) in [4.78, 5) is 65.8. The molecule has 0 aliphatic carbocycles. The Balaban J connectivity index is 1.50. The number of nitro groups is 1. The minimum absolute atomic E-state index is 0.0211. The van der Waals surface area contributed by atoms with Crippen molar-refractivity contribution in [3.05, 3.63) is 154 Å². The van der Waals surface area contributed by atoms with Crippen LogP contribution in [0.2, 0.25) is 0 Å². The Morgan fingerprint density at radius 2 is 0.828 bits per heavy atom. The van der Waals surface area contributed by atoms with Gasteiger partial charge in [0.25, 0.3) is 0 Å². The molecule has 4 aromatic carbocycles. The van der Waals surface area contributed by atoms with Crippen molar-refractivity contribution in [2.75, 3.05) is 0 Å². The number of carbonyl (C=O) groups is 4. The molecule has 0 fully saturated rings. The molecule has 0 bridgehead atoms. The van der Waals surface area contributed by atoms with Crippen LogP contribution in [0.1, 0.15) is 62.8 Å². The first-order valence-corrected chi connectivity index (χ1v) is 19.6. The van der Waals surface area contributed by atoms with Gasteiger partial charge in [0.2, 0.25) is 17.9 Å². The summed E-state index contributed by atoms with van der Waals surface area (Å²) < 4.78 is 10.8. The molecule has 0 spiro atoms. The van der Waals surface area contributed by atoms with Gasteiger partial charge in [-0.1, -0.05) is 149 Å². The van der Waals surface area contributed by atoms with Gasteiger partial charge in [0, 0.05) is 29.8 Å². The summed E-state index contributed by atoms with van der Waals surface area (Å²) in [6, 6.07) is 32.3. The minimum Gasteiger partial charge on any atom is -0.445 e. The Hall–Kier alpha value is -6.24. The summed E-state index contributed by atoms with van der Waals surface area (Å²) in [6.45, 7) is 7.18. The van der Waals surface area contributed by atoms with E-state index in [2.05, 4.69) is 21.3 Å². The first kappa shape index (κ1) is 44.5. The number of rotatable bonds is 21. The summed E-state index contributed by atoms with van der Waals surface area (Å²) >= 11 is 0. The smallest absolute Gasteiger partial charge is 0.408 e. The lowest BCUT2D eigenvalue weighted by Crippen LogP contribution is -2.54. The number of hydrogen-bond acceptors (Lipinski definition) is 8. The fraction of sp³-hybridized carbons (Fsp3) is 0.378. The Bertz CT molecular complexity index is 1750. The quantitative estimate of drug-likeness (QED) is 0.0528. The molecular weight excluding hydrogens is 739 g/mol. The number of hydrogen-bond donors (Lipinski definition) is 4. The van der Waals surface area contributed by atoms with E-state index in [0.717, 1.165) is 22.3 Å². The van der Waals surface area contributed by atoms with Crippen molar-refractivity contribution < 1.29 is 33.6 Å². The normalized spacial score (nSPS) is 13.6. The highest BCUT2D eigenvalue weighted by atomic mass is 16.6. The van der Waals surface area contributed by atoms with E-state index in [1.807, 2.05) is 121 Å². The van der Waals surface area contributed by atoms with Crippen LogP contribution in [0, 0.1) is 22.0 Å². The van der Waals surface area contributed by atoms with Gasteiger partial charge in [0.1, 0.15) is 25.3 Å². The van der Waals surface area contributed by atoms with Crippen LogP contribution >= 0.6 is 0 Å². The molecule has 13 nitrogen and oxygen atoms in total. The highest BCUT2D eigenvalue weighted by Crippen LogP contribution is 2.18. The SMILES string of the molecule is CC(C)C(NC(=O)OCc1ccccc1)C(=O)N[C@@H](Cc1ccccc1)CC(C[C@H](Cc1ccccc1)NC(=O)C(NC(=O)OCc1ccccc1)C(C)C)[N+](=O)[O-]. The van der Waals surface area contributed by atoms with Gasteiger partial charge < -0.3 is 30.7 Å². The number of alkyl carbamates (subject to hydrolysis) is 2. The Labute approximate surface area is 340 Å². The molecule has 0 aliphatic rings. The molecule has 0 saturated heterocycles. The number of ether oxygens (including phenoxy) is 2. The van der Waals surface area contributed by atoms with Crippen molar-refractivity contribution in [3.8, 4) is 0 Å². The Morgan fingerprint density at radius 1 is 0.517 bits per heavy atom. The summed E-state index contributed by atoms with van der Waals surface area (Å²) in [5.74, 6) is -1.68. The van der Waals surface area contributed by atoms with Crippen LogP contribution in [0.3, 0.4) is 0 Å².